The highest BCUT2D eigenvalue weighted by atomic mass is 16.5. The maximum absolute atomic E-state index is 11.0. The van der Waals surface area contributed by atoms with E-state index in [0.29, 0.717) is 18.8 Å². The Kier molecular flexibility index (Phi) is 3.29. The molecular weight excluding hydrogens is 156 g/mol. The number of ether oxygens (including phenoxy) is 2. The van der Waals surface area contributed by atoms with Crippen LogP contribution >= 0.6 is 0 Å². The molecule has 3 heteroatoms. The molecule has 0 aromatic rings. The SMILES string of the molecule is C=C1COC(CC)CCOC1=O. The lowest BCUT2D eigenvalue weighted by Crippen LogP contribution is -2.24. The van der Waals surface area contributed by atoms with E-state index in [2.05, 4.69) is 13.5 Å². The van der Waals surface area contributed by atoms with Gasteiger partial charge in [-0.2, -0.15) is 0 Å². The van der Waals surface area contributed by atoms with E-state index in [-0.39, 0.29) is 12.1 Å². The first-order valence-electron chi connectivity index (χ1n) is 4.20. The van der Waals surface area contributed by atoms with Crippen molar-refractivity contribution in [2.24, 2.45) is 0 Å². The number of rotatable bonds is 1. The van der Waals surface area contributed by atoms with Gasteiger partial charge in [0.1, 0.15) is 0 Å². The van der Waals surface area contributed by atoms with Crippen LogP contribution in [0.1, 0.15) is 19.8 Å². The molecule has 0 amide bonds. The number of carbonyl (C=O) groups is 1. The molecule has 12 heavy (non-hydrogen) atoms. The van der Waals surface area contributed by atoms with Gasteiger partial charge in [-0.15, -0.1) is 0 Å². The Balaban J connectivity index is 2.46. The summed E-state index contributed by atoms with van der Waals surface area (Å²) in [5.41, 5.74) is 0.410. The average Bonchev–Trinajstić information content (AvgIpc) is 2.07. The van der Waals surface area contributed by atoms with Crippen molar-refractivity contribution in [3.63, 3.8) is 0 Å². The highest BCUT2D eigenvalue weighted by Crippen LogP contribution is 2.10. The predicted octanol–water partition coefficient (Wildman–Crippen LogP) is 1.28. The van der Waals surface area contributed by atoms with Gasteiger partial charge in [0.15, 0.2) is 0 Å². The van der Waals surface area contributed by atoms with Crippen molar-refractivity contribution in [2.45, 2.75) is 25.9 Å². The zero-order valence-corrected chi connectivity index (χ0v) is 7.34. The van der Waals surface area contributed by atoms with E-state index in [9.17, 15) is 4.79 Å². The summed E-state index contributed by atoms with van der Waals surface area (Å²) in [5, 5.41) is 0. The van der Waals surface area contributed by atoms with Gasteiger partial charge in [0, 0.05) is 6.42 Å². The van der Waals surface area contributed by atoms with Crippen LogP contribution in [0, 0.1) is 0 Å². The molecule has 0 saturated carbocycles. The molecule has 0 aromatic heterocycles. The minimum Gasteiger partial charge on any atom is -0.462 e. The van der Waals surface area contributed by atoms with Crippen molar-refractivity contribution in [3.05, 3.63) is 12.2 Å². The van der Waals surface area contributed by atoms with Gasteiger partial charge in [0.2, 0.25) is 0 Å². The van der Waals surface area contributed by atoms with E-state index in [1.807, 2.05) is 0 Å². The third kappa shape index (κ3) is 2.34. The van der Waals surface area contributed by atoms with Crippen molar-refractivity contribution >= 4 is 5.97 Å². The van der Waals surface area contributed by atoms with Gasteiger partial charge < -0.3 is 9.47 Å². The third-order valence-corrected chi connectivity index (χ3v) is 1.91. The van der Waals surface area contributed by atoms with E-state index in [4.69, 9.17) is 9.47 Å². The zero-order chi connectivity index (χ0) is 8.97. The van der Waals surface area contributed by atoms with Gasteiger partial charge in [-0.25, -0.2) is 4.79 Å². The predicted molar refractivity (Wildman–Crippen MR) is 44.7 cm³/mol. The molecule has 0 aromatic carbocycles. The maximum atomic E-state index is 11.0. The molecule has 1 rings (SSSR count). The van der Waals surface area contributed by atoms with Crippen molar-refractivity contribution in [3.8, 4) is 0 Å². The molecule has 1 atom stereocenters. The van der Waals surface area contributed by atoms with Crippen LogP contribution in [0.5, 0.6) is 0 Å². The summed E-state index contributed by atoms with van der Waals surface area (Å²) in [4.78, 5) is 11.0. The Morgan fingerprint density at radius 3 is 3.08 bits per heavy atom. The van der Waals surface area contributed by atoms with Gasteiger partial charge in [0.25, 0.3) is 0 Å². The quantitative estimate of drug-likeness (QED) is 0.439. The van der Waals surface area contributed by atoms with E-state index in [1.54, 1.807) is 0 Å². The second-order valence-corrected chi connectivity index (χ2v) is 2.87. The van der Waals surface area contributed by atoms with Crippen LogP contribution in [0.25, 0.3) is 0 Å². The van der Waals surface area contributed by atoms with Gasteiger partial charge in [-0.1, -0.05) is 13.5 Å². The minimum atomic E-state index is -0.329. The summed E-state index contributed by atoms with van der Waals surface area (Å²) in [7, 11) is 0. The van der Waals surface area contributed by atoms with Gasteiger partial charge in [0.05, 0.1) is 24.9 Å². The lowest BCUT2D eigenvalue weighted by Gasteiger charge is -2.19. The summed E-state index contributed by atoms with van der Waals surface area (Å²) in [6.45, 7) is 6.36. The fraction of sp³-hybridized carbons (Fsp3) is 0.667. The second-order valence-electron chi connectivity index (χ2n) is 2.87. The average molecular weight is 170 g/mol. The van der Waals surface area contributed by atoms with Crippen molar-refractivity contribution in [1.82, 2.24) is 0 Å². The Morgan fingerprint density at radius 1 is 1.67 bits per heavy atom. The molecule has 1 saturated heterocycles. The number of hydrogen-bond acceptors (Lipinski definition) is 3. The molecule has 1 fully saturated rings. The normalized spacial score (nSPS) is 25.9. The second kappa shape index (κ2) is 4.26. The first kappa shape index (κ1) is 9.26. The minimum absolute atomic E-state index is 0.204. The lowest BCUT2D eigenvalue weighted by atomic mass is 10.2. The fourth-order valence-electron chi connectivity index (χ4n) is 1.07. The molecule has 1 heterocycles. The molecule has 0 aliphatic carbocycles. The molecule has 0 bridgehead atoms. The Bertz CT molecular complexity index is 186. The highest BCUT2D eigenvalue weighted by Gasteiger charge is 2.16. The standard InChI is InChI=1S/C9H14O3/c1-3-8-4-5-11-9(10)7(2)6-12-8/h8H,2-6H2,1H3. The van der Waals surface area contributed by atoms with Crippen LogP contribution in [-0.2, 0) is 14.3 Å². The molecule has 1 aliphatic rings. The van der Waals surface area contributed by atoms with Gasteiger partial charge >= 0.3 is 5.97 Å². The molecule has 3 nitrogen and oxygen atoms in total. The van der Waals surface area contributed by atoms with Gasteiger partial charge in [-0.05, 0) is 6.42 Å². The maximum Gasteiger partial charge on any atom is 0.335 e. The Hall–Kier alpha value is -0.830. The molecule has 1 unspecified atom stereocenters. The van der Waals surface area contributed by atoms with Crippen LogP contribution in [0.15, 0.2) is 12.2 Å². The summed E-state index contributed by atoms with van der Waals surface area (Å²) >= 11 is 0. The van der Waals surface area contributed by atoms with E-state index >= 15 is 0 Å². The molecule has 0 N–H and O–H groups in total. The summed E-state index contributed by atoms with van der Waals surface area (Å²) in [6, 6.07) is 0. The van der Waals surface area contributed by atoms with Crippen LogP contribution in [0.3, 0.4) is 0 Å². The van der Waals surface area contributed by atoms with Crippen LogP contribution in [0.2, 0.25) is 0 Å². The monoisotopic (exact) mass is 170 g/mol. The number of esters is 1. The van der Waals surface area contributed by atoms with Crippen LogP contribution in [-0.4, -0.2) is 25.3 Å². The van der Waals surface area contributed by atoms with Crippen LogP contribution in [0.4, 0.5) is 0 Å². The summed E-state index contributed by atoms with van der Waals surface area (Å²) in [5.74, 6) is -0.329. The topological polar surface area (TPSA) is 35.5 Å². The summed E-state index contributed by atoms with van der Waals surface area (Å²) < 4.78 is 10.3. The highest BCUT2D eigenvalue weighted by molar-refractivity contribution is 5.88. The Labute approximate surface area is 72.4 Å². The Morgan fingerprint density at radius 2 is 2.42 bits per heavy atom. The lowest BCUT2D eigenvalue weighted by molar-refractivity contribution is -0.142. The van der Waals surface area contributed by atoms with E-state index in [0.717, 1.165) is 12.8 Å². The summed E-state index contributed by atoms with van der Waals surface area (Å²) in [6.07, 6.45) is 1.94. The molecule has 0 radical (unpaired) electrons. The zero-order valence-electron chi connectivity index (χ0n) is 7.34. The third-order valence-electron chi connectivity index (χ3n) is 1.91. The van der Waals surface area contributed by atoms with Crippen molar-refractivity contribution < 1.29 is 14.3 Å². The van der Waals surface area contributed by atoms with E-state index < -0.39 is 0 Å². The number of carbonyl (C=O) groups excluding carboxylic acids is 1. The van der Waals surface area contributed by atoms with Crippen molar-refractivity contribution in [2.75, 3.05) is 13.2 Å². The fourth-order valence-corrected chi connectivity index (χ4v) is 1.07. The molecule has 1 aliphatic heterocycles. The number of hydrogen-bond donors (Lipinski definition) is 0. The first-order chi connectivity index (χ1) is 5.74. The smallest absolute Gasteiger partial charge is 0.335 e. The number of cyclic esters (lactones) is 1. The van der Waals surface area contributed by atoms with E-state index in [1.165, 1.54) is 0 Å². The largest absolute Gasteiger partial charge is 0.462 e. The van der Waals surface area contributed by atoms with Crippen molar-refractivity contribution in [1.29, 1.82) is 0 Å². The molecule has 0 spiro atoms. The molecule has 68 valence electrons. The molecular formula is C9H14O3. The van der Waals surface area contributed by atoms with Crippen LogP contribution < -0.4 is 0 Å². The van der Waals surface area contributed by atoms with Gasteiger partial charge in [-0.3, -0.25) is 0 Å². The first-order valence-corrected chi connectivity index (χ1v) is 4.20.